The van der Waals surface area contributed by atoms with E-state index in [9.17, 15) is 0 Å². The van der Waals surface area contributed by atoms with Gasteiger partial charge in [0, 0.05) is 25.1 Å². The van der Waals surface area contributed by atoms with Gasteiger partial charge in [0.15, 0.2) is 0 Å². The second kappa shape index (κ2) is 6.10. The molecule has 2 heteroatoms. The van der Waals surface area contributed by atoms with Gasteiger partial charge in [-0.15, -0.1) is 0 Å². The fourth-order valence-corrected chi connectivity index (χ4v) is 3.20. The minimum absolute atomic E-state index is 0.221. The zero-order valence-corrected chi connectivity index (χ0v) is 13.7. The topological polar surface area (TPSA) is 21.3 Å². The molecule has 2 nitrogen and oxygen atoms in total. The summed E-state index contributed by atoms with van der Waals surface area (Å²) in [5, 5.41) is 3.68. The maximum absolute atomic E-state index is 6.11. The van der Waals surface area contributed by atoms with Crippen LogP contribution in [0.4, 0.5) is 0 Å². The van der Waals surface area contributed by atoms with Crippen molar-refractivity contribution >= 4 is 0 Å². The number of hydrogen-bond acceptors (Lipinski definition) is 2. The maximum atomic E-state index is 6.11. The van der Waals surface area contributed by atoms with Gasteiger partial charge in [0.25, 0.3) is 0 Å². The molecule has 2 unspecified atom stereocenters. The quantitative estimate of drug-likeness (QED) is 0.896. The van der Waals surface area contributed by atoms with Crippen LogP contribution < -0.4 is 5.32 Å². The second-order valence-electron chi connectivity index (χ2n) is 7.75. The van der Waals surface area contributed by atoms with Gasteiger partial charge in [-0.1, -0.05) is 45.0 Å². The van der Waals surface area contributed by atoms with Gasteiger partial charge in [0.2, 0.25) is 0 Å². The van der Waals surface area contributed by atoms with Crippen molar-refractivity contribution in [1.82, 2.24) is 5.32 Å². The zero-order valence-electron chi connectivity index (χ0n) is 13.7. The predicted octanol–water partition coefficient (Wildman–Crippen LogP) is 4.20. The van der Waals surface area contributed by atoms with Gasteiger partial charge in [0.1, 0.15) is 0 Å². The molecular weight excluding hydrogens is 258 g/mol. The van der Waals surface area contributed by atoms with E-state index >= 15 is 0 Å². The van der Waals surface area contributed by atoms with Gasteiger partial charge >= 0.3 is 0 Å². The normalized spacial score (nSPS) is 26.8. The van der Waals surface area contributed by atoms with Crippen molar-refractivity contribution in [2.45, 2.75) is 64.0 Å². The van der Waals surface area contributed by atoms with E-state index in [0.29, 0.717) is 5.92 Å². The molecule has 3 rings (SSSR count). The van der Waals surface area contributed by atoms with Crippen LogP contribution in [0.5, 0.6) is 0 Å². The molecule has 1 aliphatic heterocycles. The molecule has 1 aliphatic carbocycles. The lowest BCUT2D eigenvalue weighted by Gasteiger charge is -2.33. The van der Waals surface area contributed by atoms with E-state index in [2.05, 4.69) is 50.4 Å². The molecular formula is C19H29NO. The molecule has 1 aromatic carbocycles. The van der Waals surface area contributed by atoms with Crippen LogP contribution in [-0.4, -0.2) is 19.2 Å². The lowest BCUT2D eigenvalue weighted by atomic mass is 9.84. The Morgan fingerprint density at radius 2 is 1.81 bits per heavy atom. The van der Waals surface area contributed by atoms with Crippen molar-refractivity contribution < 1.29 is 4.74 Å². The van der Waals surface area contributed by atoms with E-state index in [4.69, 9.17) is 4.74 Å². The van der Waals surface area contributed by atoms with Gasteiger partial charge in [-0.3, -0.25) is 0 Å². The van der Waals surface area contributed by atoms with E-state index < -0.39 is 0 Å². The molecule has 1 heterocycles. The van der Waals surface area contributed by atoms with E-state index in [1.165, 1.54) is 36.8 Å². The van der Waals surface area contributed by atoms with Crippen molar-refractivity contribution in [2.75, 3.05) is 13.2 Å². The van der Waals surface area contributed by atoms with E-state index in [0.717, 1.165) is 19.2 Å². The summed E-state index contributed by atoms with van der Waals surface area (Å²) in [6.07, 6.45) is 5.48. The fraction of sp³-hybridized carbons (Fsp3) is 0.684. The van der Waals surface area contributed by atoms with Crippen LogP contribution in [0.1, 0.15) is 63.7 Å². The van der Waals surface area contributed by atoms with Gasteiger partial charge in [-0.2, -0.15) is 0 Å². The first kappa shape index (κ1) is 15.1. The summed E-state index contributed by atoms with van der Waals surface area (Å²) >= 11 is 0. The van der Waals surface area contributed by atoms with Crippen molar-refractivity contribution in [3.63, 3.8) is 0 Å². The number of ether oxygens (including phenoxy) is 1. The van der Waals surface area contributed by atoms with Gasteiger partial charge in [-0.05, 0) is 42.2 Å². The Bertz CT molecular complexity index is 455. The van der Waals surface area contributed by atoms with Crippen LogP contribution in [0.15, 0.2) is 24.3 Å². The monoisotopic (exact) mass is 287 g/mol. The lowest BCUT2D eigenvalue weighted by Crippen LogP contribution is -2.33. The number of benzene rings is 1. The second-order valence-corrected chi connectivity index (χ2v) is 7.75. The number of nitrogens with one attached hydrogen (secondary N) is 1. The summed E-state index contributed by atoms with van der Waals surface area (Å²) in [6, 6.07) is 9.90. The third kappa shape index (κ3) is 3.87. The first-order valence-electron chi connectivity index (χ1n) is 8.49. The molecule has 1 saturated heterocycles. The summed E-state index contributed by atoms with van der Waals surface area (Å²) in [7, 11) is 0. The zero-order chi connectivity index (χ0) is 14.9. The number of rotatable bonds is 4. The standard InChI is InChI=1S/C19H29NO/c1-19(2,3)16-8-6-14(7-9-16)18-15(5-4-12-21-18)13-20-17-10-11-17/h6-9,15,17-18,20H,4-5,10-13H2,1-3H3. The van der Waals surface area contributed by atoms with Crippen LogP contribution in [-0.2, 0) is 10.2 Å². The molecule has 0 amide bonds. The van der Waals surface area contributed by atoms with Crippen LogP contribution in [0.25, 0.3) is 0 Å². The minimum Gasteiger partial charge on any atom is -0.373 e. The molecule has 1 saturated carbocycles. The lowest BCUT2D eigenvalue weighted by molar-refractivity contribution is -0.0278. The first-order valence-corrected chi connectivity index (χ1v) is 8.49. The third-order valence-corrected chi connectivity index (χ3v) is 4.80. The van der Waals surface area contributed by atoms with E-state index in [1.807, 2.05) is 0 Å². The van der Waals surface area contributed by atoms with Crippen LogP contribution in [0.3, 0.4) is 0 Å². The van der Waals surface area contributed by atoms with Gasteiger partial charge in [0.05, 0.1) is 6.10 Å². The van der Waals surface area contributed by atoms with E-state index in [1.54, 1.807) is 0 Å². The molecule has 0 bridgehead atoms. The first-order chi connectivity index (χ1) is 10.0. The largest absolute Gasteiger partial charge is 0.373 e. The summed E-state index contributed by atoms with van der Waals surface area (Å²) in [5.41, 5.74) is 2.97. The molecule has 0 radical (unpaired) electrons. The molecule has 2 atom stereocenters. The van der Waals surface area contributed by atoms with Crippen molar-refractivity contribution in [2.24, 2.45) is 5.92 Å². The highest BCUT2D eigenvalue weighted by atomic mass is 16.5. The van der Waals surface area contributed by atoms with Crippen molar-refractivity contribution in [3.8, 4) is 0 Å². The molecule has 0 spiro atoms. The molecule has 116 valence electrons. The highest BCUT2D eigenvalue weighted by Crippen LogP contribution is 2.35. The molecule has 1 aromatic rings. The summed E-state index contributed by atoms with van der Waals surface area (Å²) in [4.78, 5) is 0. The van der Waals surface area contributed by atoms with Crippen molar-refractivity contribution in [3.05, 3.63) is 35.4 Å². The van der Waals surface area contributed by atoms with Crippen LogP contribution in [0, 0.1) is 5.92 Å². The average molecular weight is 287 g/mol. The third-order valence-electron chi connectivity index (χ3n) is 4.80. The Hall–Kier alpha value is -0.860. The van der Waals surface area contributed by atoms with Crippen LogP contribution in [0.2, 0.25) is 0 Å². The van der Waals surface area contributed by atoms with E-state index in [-0.39, 0.29) is 11.5 Å². The molecule has 1 N–H and O–H groups in total. The summed E-state index contributed by atoms with van der Waals surface area (Å²) in [5.74, 6) is 0.625. The van der Waals surface area contributed by atoms with Gasteiger partial charge < -0.3 is 10.1 Å². The highest BCUT2D eigenvalue weighted by molar-refractivity contribution is 5.29. The Kier molecular flexibility index (Phi) is 4.37. The Balaban J connectivity index is 1.69. The Morgan fingerprint density at radius 1 is 1.10 bits per heavy atom. The van der Waals surface area contributed by atoms with Crippen molar-refractivity contribution in [1.29, 1.82) is 0 Å². The fourth-order valence-electron chi connectivity index (χ4n) is 3.20. The maximum Gasteiger partial charge on any atom is 0.0865 e. The SMILES string of the molecule is CC(C)(C)c1ccc(C2OCCCC2CNC2CC2)cc1. The Morgan fingerprint density at radius 3 is 2.43 bits per heavy atom. The minimum atomic E-state index is 0.221. The molecule has 2 fully saturated rings. The highest BCUT2D eigenvalue weighted by Gasteiger charge is 2.30. The summed E-state index contributed by atoms with van der Waals surface area (Å²) in [6.45, 7) is 8.81. The molecule has 21 heavy (non-hydrogen) atoms. The predicted molar refractivity (Wildman–Crippen MR) is 87.6 cm³/mol. The number of hydrogen-bond donors (Lipinski definition) is 1. The van der Waals surface area contributed by atoms with Gasteiger partial charge in [-0.25, -0.2) is 0 Å². The average Bonchev–Trinajstić information content (AvgIpc) is 3.29. The molecule has 2 aliphatic rings. The molecule has 0 aromatic heterocycles. The van der Waals surface area contributed by atoms with Crippen LogP contribution >= 0.6 is 0 Å². The summed E-state index contributed by atoms with van der Waals surface area (Å²) < 4.78 is 6.11. The Labute approximate surface area is 129 Å². The smallest absolute Gasteiger partial charge is 0.0865 e.